The Labute approximate surface area is 190 Å². The van der Waals surface area contributed by atoms with Crippen LogP contribution in [0.2, 0.25) is 0 Å². The average molecular weight is 447 g/mol. The normalized spacial score (nSPS) is 28.3. The van der Waals surface area contributed by atoms with Crippen LogP contribution < -0.4 is 10.9 Å². The van der Waals surface area contributed by atoms with Gasteiger partial charge in [0, 0.05) is 49.0 Å². The van der Waals surface area contributed by atoms with Crippen LogP contribution in [-0.4, -0.2) is 70.2 Å². The summed E-state index contributed by atoms with van der Waals surface area (Å²) in [6.07, 6.45) is -0.00999. The second-order valence-electron chi connectivity index (χ2n) is 9.30. The fraction of sp³-hybridized carbons (Fsp3) is 0.400. The largest absolute Gasteiger partial charge is 0.396 e. The van der Waals surface area contributed by atoms with E-state index >= 15 is 0 Å². The summed E-state index contributed by atoms with van der Waals surface area (Å²) in [5, 5.41) is 19.3. The monoisotopic (exact) mass is 446 g/mol. The zero-order valence-corrected chi connectivity index (χ0v) is 18.2. The van der Waals surface area contributed by atoms with Gasteiger partial charge >= 0.3 is 0 Å². The fourth-order valence-corrected chi connectivity index (χ4v) is 5.87. The minimum Gasteiger partial charge on any atom is -0.396 e. The predicted octanol–water partition coefficient (Wildman–Crippen LogP) is 0.871. The zero-order valence-electron chi connectivity index (χ0n) is 18.2. The van der Waals surface area contributed by atoms with Crippen LogP contribution in [0.3, 0.4) is 0 Å². The van der Waals surface area contributed by atoms with E-state index in [1.54, 1.807) is 11.0 Å². The molecule has 1 spiro atoms. The summed E-state index contributed by atoms with van der Waals surface area (Å²) in [7, 11) is 0. The number of likely N-dealkylation sites (tertiary alicyclic amines) is 1. The summed E-state index contributed by atoms with van der Waals surface area (Å²) in [6, 6.07) is 17.1. The summed E-state index contributed by atoms with van der Waals surface area (Å²) < 4.78 is 7.58. The lowest BCUT2D eigenvalue weighted by Crippen LogP contribution is -2.52. The van der Waals surface area contributed by atoms with E-state index in [-0.39, 0.29) is 42.6 Å². The molecular weight excluding hydrogens is 420 g/mol. The molecular formula is C25H26N4O4. The number of nitrogens with zero attached hydrogens (tertiary/aromatic N) is 3. The zero-order chi connectivity index (χ0) is 22.6. The predicted molar refractivity (Wildman–Crippen MR) is 123 cm³/mol. The van der Waals surface area contributed by atoms with Gasteiger partial charge in [-0.3, -0.25) is 9.59 Å². The highest BCUT2D eigenvalue weighted by Gasteiger charge is 2.61. The average Bonchev–Trinajstić information content (AvgIpc) is 3.29. The van der Waals surface area contributed by atoms with Gasteiger partial charge in [0.15, 0.2) is 0 Å². The molecule has 1 aromatic heterocycles. The van der Waals surface area contributed by atoms with E-state index in [4.69, 9.17) is 4.74 Å². The molecule has 1 amide bonds. The summed E-state index contributed by atoms with van der Waals surface area (Å²) in [4.78, 5) is 28.3. The van der Waals surface area contributed by atoms with E-state index in [0.717, 1.165) is 17.5 Å². The Morgan fingerprint density at radius 2 is 1.91 bits per heavy atom. The van der Waals surface area contributed by atoms with Crippen LogP contribution in [-0.2, 0) is 16.1 Å². The van der Waals surface area contributed by atoms with Crippen molar-refractivity contribution in [3.63, 3.8) is 0 Å². The molecule has 33 heavy (non-hydrogen) atoms. The molecule has 2 N–H and O–H groups in total. The molecule has 3 fully saturated rings. The lowest BCUT2D eigenvalue weighted by Gasteiger charge is -2.33. The highest BCUT2D eigenvalue weighted by Crippen LogP contribution is 2.47. The van der Waals surface area contributed by atoms with E-state index in [0.29, 0.717) is 30.7 Å². The number of aliphatic hydroxyl groups is 1. The van der Waals surface area contributed by atoms with Crippen molar-refractivity contribution in [2.24, 2.45) is 11.8 Å². The summed E-state index contributed by atoms with van der Waals surface area (Å²) in [5.74, 6) is -0.0540. The maximum Gasteiger partial charge on any atom is 0.275 e. The standard InChI is InChI=1S/C25H26N4O4/c30-13-19-20-11-28(15-25(20)14-26-10-21(19)33-25)22(31)12-29-24(32)18-9-5-4-8-17(18)23(27-29)16-6-2-1-3-7-16/h1-9,19-21,26,30H,10-15H2/t19-,20+,21+,25+/m0/s1. The molecule has 3 saturated heterocycles. The number of rotatable bonds is 4. The van der Waals surface area contributed by atoms with Gasteiger partial charge in [0.1, 0.15) is 12.1 Å². The van der Waals surface area contributed by atoms with Crippen molar-refractivity contribution < 1.29 is 14.6 Å². The molecule has 3 aliphatic heterocycles. The van der Waals surface area contributed by atoms with Crippen LogP contribution >= 0.6 is 0 Å². The first-order valence-corrected chi connectivity index (χ1v) is 11.4. The van der Waals surface area contributed by atoms with Crippen molar-refractivity contribution in [1.82, 2.24) is 20.0 Å². The Morgan fingerprint density at radius 3 is 2.70 bits per heavy atom. The lowest BCUT2D eigenvalue weighted by molar-refractivity contribution is -0.134. The number of hydrogen-bond donors (Lipinski definition) is 2. The molecule has 2 bridgehead atoms. The second-order valence-corrected chi connectivity index (χ2v) is 9.30. The van der Waals surface area contributed by atoms with E-state index in [9.17, 15) is 14.7 Å². The smallest absolute Gasteiger partial charge is 0.275 e. The van der Waals surface area contributed by atoms with E-state index < -0.39 is 5.60 Å². The van der Waals surface area contributed by atoms with Crippen molar-refractivity contribution in [3.8, 4) is 11.3 Å². The van der Waals surface area contributed by atoms with Gasteiger partial charge in [-0.25, -0.2) is 4.68 Å². The van der Waals surface area contributed by atoms with E-state index in [1.807, 2.05) is 48.5 Å². The number of morpholine rings is 1. The van der Waals surface area contributed by atoms with Crippen LogP contribution in [0.1, 0.15) is 0 Å². The number of hydrogen-bond acceptors (Lipinski definition) is 6. The third kappa shape index (κ3) is 3.20. The lowest BCUT2D eigenvalue weighted by atomic mass is 9.83. The Bertz CT molecular complexity index is 1280. The number of carbonyl (C=O) groups is 1. The number of aromatic nitrogens is 2. The van der Waals surface area contributed by atoms with Gasteiger partial charge in [0.2, 0.25) is 5.91 Å². The van der Waals surface area contributed by atoms with E-state index in [1.165, 1.54) is 4.68 Å². The number of nitrogens with one attached hydrogen (secondary N) is 1. The molecule has 0 radical (unpaired) electrons. The Kier molecular flexibility index (Phi) is 4.83. The molecule has 4 atom stereocenters. The molecule has 0 aliphatic carbocycles. The van der Waals surface area contributed by atoms with Crippen LogP contribution in [0.5, 0.6) is 0 Å². The third-order valence-corrected chi connectivity index (χ3v) is 7.47. The molecule has 8 heteroatoms. The molecule has 0 saturated carbocycles. The highest BCUT2D eigenvalue weighted by atomic mass is 16.5. The topological polar surface area (TPSA) is 96.7 Å². The summed E-state index contributed by atoms with van der Waals surface area (Å²) in [5.41, 5.74) is 0.838. The number of fused-ring (bicyclic) bond motifs is 2. The number of amides is 1. The van der Waals surface area contributed by atoms with Crippen molar-refractivity contribution in [3.05, 3.63) is 65.0 Å². The Hall–Kier alpha value is -3.07. The third-order valence-electron chi connectivity index (χ3n) is 7.47. The molecule has 4 heterocycles. The van der Waals surface area contributed by atoms with Gasteiger partial charge in [0.05, 0.1) is 23.7 Å². The Balaban J connectivity index is 1.32. The van der Waals surface area contributed by atoms with Crippen LogP contribution in [0.4, 0.5) is 0 Å². The van der Waals surface area contributed by atoms with Crippen molar-refractivity contribution in [2.75, 3.05) is 32.8 Å². The number of benzene rings is 2. The van der Waals surface area contributed by atoms with E-state index in [2.05, 4.69) is 10.4 Å². The minimum atomic E-state index is -0.455. The van der Waals surface area contributed by atoms with Crippen LogP contribution in [0, 0.1) is 11.8 Å². The minimum absolute atomic E-state index is 0.00999. The summed E-state index contributed by atoms with van der Waals surface area (Å²) in [6.45, 7) is 2.30. The first kappa shape index (κ1) is 20.5. The van der Waals surface area contributed by atoms with Crippen molar-refractivity contribution in [1.29, 1.82) is 0 Å². The molecule has 3 aromatic rings. The van der Waals surface area contributed by atoms with Gasteiger partial charge in [-0.05, 0) is 6.07 Å². The molecule has 0 unspecified atom stereocenters. The van der Waals surface area contributed by atoms with Crippen molar-refractivity contribution in [2.45, 2.75) is 18.2 Å². The molecule has 170 valence electrons. The van der Waals surface area contributed by atoms with Crippen LogP contribution in [0.15, 0.2) is 59.4 Å². The number of ether oxygens (including phenoxy) is 1. The molecule has 3 aliphatic rings. The molecule has 6 rings (SSSR count). The van der Waals surface area contributed by atoms with Gasteiger partial charge in [-0.2, -0.15) is 5.10 Å². The molecule has 8 nitrogen and oxygen atoms in total. The highest BCUT2D eigenvalue weighted by molar-refractivity contribution is 5.93. The fourth-order valence-electron chi connectivity index (χ4n) is 5.87. The van der Waals surface area contributed by atoms with Crippen LogP contribution in [0.25, 0.3) is 22.0 Å². The number of aliphatic hydroxyl groups excluding tert-OH is 1. The second kappa shape index (κ2) is 7.76. The SMILES string of the molecule is O=C(Cn1nc(-c2ccccc2)c2ccccc2c1=O)N1C[C@@H]2[C@H](CO)[C@H]3CNC[C@]2(C1)O3. The molecule has 2 aromatic carbocycles. The van der Waals surface area contributed by atoms with Gasteiger partial charge in [0.25, 0.3) is 5.56 Å². The number of carbonyl (C=O) groups excluding carboxylic acids is 1. The quantitative estimate of drug-likeness (QED) is 0.618. The van der Waals surface area contributed by atoms with Gasteiger partial charge in [-0.15, -0.1) is 0 Å². The first-order valence-electron chi connectivity index (χ1n) is 11.4. The Morgan fingerprint density at radius 1 is 1.15 bits per heavy atom. The summed E-state index contributed by atoms with van der Waals surface area (Å²) >= 11 is 0. The maximum absolute atomic E-state index is 13.3. The van der Waals surface area contributed by atoms with Gasteiger partial charge in [-0.1, -0.05) is 48.5 Å². The first-order chi connectivity index (χ1) is 16.1. The maximum atomic E-state index is 13.3. The van der Waals surface area contributed by atoms with Gasteiger partial charge < -0.3 is 20.1 Å². The van der Waals surface area contributed by atoms with Crippen molar-refractivity contribution >= 4 is 16.7 Å².